The number of aliphatic hydroxyl groups excluding tert-OH is 1. The fourth-order valence-corrected chi connectivity index (χ4v) is 4.35. The fourth-order valence-electron chi connectivity index (χ4n) is 4.35. The third kappa shape index (κ3) is 6.52. The second kappa shape index (κ2) is 12.2. The van der Waals surface area contributed by atoms with Crippen LogP contribution in [0.4, 0.5) is 17.2 Å². The molecule has 0 spiro atoms. The predicted octanol–water partition coefficient (Wildman–Crippen LogP) is 3.03. The number of ketones is 1. The topological polar surface area (TPSA) is 96.7 Å². The van der Waals surface area contributed by atoms with Crippen molar-refractivity contribution in [1.29, 1.82) is 0 Å². The van der Waals surface area contributed by atoms with Crippen molar-refractivity contribution in [2.75, 3.05) is 50.1 Å². The van der Waals surface area contributed by atoms with Crippen molar-refractivity contribution in [1.82, 2.24) is 14.9 Å². The predicted molar refractivity (Wildman–Crippen MR) is 143 cm³/mol. The Bertz CT molecular complexity index is 1040. The number of pyridine rings is 1. The maximum atomic E-state index is 13.0. The number of piperazine rings is 1. The van der Waals surface area contributed by atoms with Gasteiger partial charge in [0, 0.05) is 63.3 Å². The van der Waals surface area contributed by atoms with Crippen molar-refractivity contribution in [2.45, 2.75) is 25.9 Å². The van der Waals surface area contributed by atoms with Crippen LogP contribution in [0.3, 0.4) is 0 Å². The molecular weight excluding hydrogens is 442 g/mol. The number of rotatable bonds is 11. The van der Waals surface area contributed by atoms with Gasteiger partial charge in [0.1, 0.15) is 5.82 Å². The van der Waals surface area contributed by atoms with E-state index in [0.717, 1.165) is 30.3 Å². The van der Waals surface area contributed by atoms with Crippen LogP contribution in [0.25, 0.3) is 0 Å². The van der Waals surface area contributed by atoms with Crippen molar-refractivity contribution >= 4 is 36.4 Å². The summed E-state index contributed by atoms with van der Waals surface area (Å²) in [6, 6.07) is 11.9. The number of aliphatic hydroxyl groups is 1. The van der Waals surface area contributed by atoms with Gasteiger partial charge in [-0.15, -0.1) is 0 Å². The van der Waals surface area contributed by atoms with E-state index in [1.165, 1.54) is 0 Å². The van der Waals surface area contributed by atoms with E-state index in [1.54, 1.807) is 30.4 Å². The molecular formula is C26H35N7O2. The fraction of sp³-hybridized carbons (Fsp3) is 0.385. The van der Waals surface area contributed by atoms with E-state index in [0.29, 0.717) is 36.4 Å². The van der Waals surface area contributed by atoms with Gasteiger partial charge in [0.2, 0.25) is 0 Å². The summed E-state index contributed by atoms with van der Waals surface area (Å²) < 4.78 is 0. The molecule has 1 aliphatic rings. The van der Waals surface area contributed by atoms with Crippen molar-refractivity contribution < 1.29 is 9.90 Å². The number of hydrazone groups is 1. The van der Waals surface area contributed by atoms with E-state index in [-0.39, 0.29) is 12.4 Å². The minimum absolute atomic E-state index is 0.156. The molecule has 1 saturated heterocycles. The molecule has 2 heterocycles. The zero-order chi connectivity index (χ0) is 25.4. The maximum Gasteiger partial charge on any atom is 0.189 e. The molecule has 186 valence electrons. The number of allylic oxidation sites excluding steroid dienone is 1. The minimum Gasteiger partial charge on any atom is -0.395 e. The van der Waals surface area contributed by atoms with Gasteiger partial charge in [0.25, 0.3) is 0 Å². The molecule has 2 N–H and O–H groups in total. The van der Waals surface area contributed by atoms with Gasteiger partial charge in [-0.3, -0.25) is 19.7 Å². The number of hydrogen-bond donors (Lipinski definition) is 2. The average Bonchev–Trinajstić information content (AvgIpc) is 2.88. The van der Waals surface area contributed by atoms with Crippen molar-refractivity contribution in [2.24, 2.45) is 10.1 Å². The minimum atomic E-state index is -0.166. The van der Waals surface area contributed by atoms with Gasteiger partial charge in [-0.25, -0.2) is 4.98 Å². The second-order valence-electron chi connectivity index (χ2n) is 8.66. The van der Waals surface area contributed by atoms with E-state index in [9.17, 15) is 9.90 Å². The lowest BCUT2D eigenvalue weighted by Gasteiger charge is -2.44. The molecule has 9 heteroatoms. The number of aliphatic imine (C=N–C) groups is 1. The molecule has 0 aliphatic carbocycles. The summed E-state index contributed by atoms with van der Waals surface area (Å²) in [5, 5.41) is 18.1. The van der Waals surface area contributed by atoms with Gasteiger partial charge in [0.05, 0.1) is 30.2 Å². The number of nitrogens with one attached hydrogen (secondary N) is 1. The number of benzene rings is 1. The molecule has 0 amide bonds. The number of para-hydroxylation sites is 2. The monoisotopic (exact) mass is 477 g/mol. The van der Waals surface area contributed by atoms with Crippen LogP contribution in [0, 0.1) is 0 Å². The Kier molecular flexibility index (Phi) is 9.11. The van der Waals surface area contributed by atoms with E-state index in [1.807, 2.05) is 30.3 Å². The third-order valence-electron chi connectivity index (χ3n) is 6.28. The van der Waals surface area contributed by atoms with Crippen molar-refractivity contribution in [3.8, 4) is 0 Å². The summed E-state index contributed by atoms with van der Waals surface area (Å²) >= 11 is 0. The molecule has 0 radical (unpaired) electrons. The lowest BCUT2D eigenvalue weighted by Crippen LogP contribution is -2.57. The van der Waals surface area contributed by atoms with Gasteiger partial charge in [-0.1, -0.05) is 12.1 Å². The summed E-state index contributed by atoms with van der Waals surface area (Å²) in [6.45, 7) is 14.3. The van der Waals surface area contributed by atoms with Crippen molar-refractivity contribution in [3.05, 3.63) is 59.9 Å². The Morgan fingerprint density at radius 2 is 1.94 bits per heavy atom. The van der Waals surface area contributed by atoms with Gasteiger partial charge >= 0.3 is 0 Å². The second-order valence-corrected chi connectivity index (χ2v) is 8.66. The Morgan fingerprint density at radius 1 is 1.23 bits per heavy atom. The summed E-state index contributed by atoms with van der Waals surface area (Å²) in [5.74, 6) is 0.675. The van der Waals surface area contributed by atoms with Crippen LogP contribution in [0.2, 0.25) is 0 Å². The molecule has 9 nitrogen and oxygen atoms in total. The molecule has 3 rings (SSSR count). The summed E-state index contributed by atoms with van der Waals surface area (Å²) in [6.07, 6.45) is 3.16. The number of hydrogen-bond acceptors (Lipinski definition) is 9. The van der Waals surface area contributed by atoms with Crippen LogP contribution in [-0.4, -0.2) is 91.1 Å². The molecule has 0 bridgehead atoms. The van der Waals surface area contributed by atoms with E-state index in [2.05, 4.69) is 57.5 Å². The number of anilines is 2. The lowest BCUT2D eigenvalue weighted by molar-refractivity contribution is 0.102. The Labute approximate surface area is 207 Å². The Balaban J connectivity index is 1.71. The average molecular weight is 478 g/mol. The lowest BCUT2D eigenvalue weighted by atomic mass is 10.1. The van der Waals surface area contributed by atoms with Crippen LogP contribution in [0.1, 0.15) is 24.2 Å². The van der Waals surface area contributed by atoms with Crippen LogP contribution < -0.4 is 10.2 Å². The highest BCUT2D eigenvalue weighted by Gasteiger charge is 2.29. The van der Waals surface area contributed by atoms with Gasteiger partial charge < -0.3 is 15.3 Å². The highest BCUT2D eigenvalue weighted by Crippen LogP contribution is 2.24. The molecule has 1 fully saturated rings. The zero-order valence-electron chi connectivity index (χ0n) is 20.8. The first-order valence-corrected chi connectivity index (χ1v) is 11.7. The van der Waals surface area contributed by atoms with E-state index in [4.69, 9.17) is 0 Å². The number of nitrogens with zero attached hydrogens (tertiary/aromatic N) is 6. The normalized spacial score (nSPS) is 18.7. The summed E-state index contributed by atoms with van der Waals surface area (Å²) in [4.78, 5) is 26.1. The molecule has 2 atom stereocenters. The maximum absolute atomic E-state index is 13.0. The zero-order valence-corrected chi connectivity index (χ0v) is 20.8. The van der Waals surface area contributed by atoms with Crippen LogP contribution in [-0.2, 0) is 0 Å². The van der Waals surface area contributed by atoms with Gasteiger partial charge in [0.15, 0.2) is 5.78 Å². The van der Waals surface area contributed by atoms with Crippen LogP contribution >= 0.6 is 0 Å². The number of carbonyl (C=O) groups excluding carboxylic acids is 1. The first-order valence-electron chi connectivity index (χ1n) is 11.7. The van der Waals surface area contributed by atoms with Crippen LogP contribution in [0.15, 0.2) is 64.5 Å². The molecule has 1 aromatic carbocycles. The number of likely N-dealkylation sites (N-methyl/N-ethyl adjacent to an activating group) is 1. The first-order chi connectivity index (χ1) is 16.9. The summed E-state index contributed by atoms with van der Waals surface area (Å²) in [5.41, 5.74) is 2.69. The molecule has 35 heavy (non-hydrogen) atoms. The molecule has 1 aliphatic heterocycles. The smallest absolute Gasteiger partial charge is 0.189 e. The highest BCUT2D eigenvalue weighted by molar-refractivity contribution is 6.04. The van der Waals surface area contributed by atoms with Crippen LogP contribution in [0.5, 0.6) is 0 Å². The molecule has 0 saturated carbocycles. The number of carbonyl (C=O) groups is 1. The van der Waals surface area contributed by atoms with Gasteiger partial charge in [-0.2, -0.15) is 5.10 Å². The Hall–Kier alpha value is -3.56. The number of aromatic nitrogens is 1. The van der Waals surface area contributed by atoms with Gasteiger partial charge in [-0.05, 0) is 44.8 Å². The SMILES string of the molecule is C=Nc1ccccc1NC/C(=C/C(=O)c1ccc(N2CC(C)N(CCO)C(C)C2)nc1)N(C)N=C. The Morgan fingerprint density at radius 3 is 2.54 bits per heavy atom. The summed E-state index contributed by atoms with van der Waals surface area (Å²) in [7, 11) is 1.74. The highest BCUT2D eigenvalue weighted by atomic mass is 16.3. The largest absolute Gasteiger partial charge is 0.395 e. The number of β-amino-alcohol motifs (C(OH)–C–C–N with tert-alkyl or cyclic N) is 1. The van der Waals surface area contributed by atoms with E-state index >= 15 is 0 Å². The molecule has 1 aromatic heterocycles. The molecule has 2 aromatic rings. The first kappa shape index (κ1) is 26.1. The van der Waals surface area contributed by atoms with Crippen molar-refractivity contribution in [3.63, 3.8) is 0 Å². The molecule has 2 unspecified atom stereocenters. The standard InChI is InChI=1S/C26H35N7O2/c1-19-17-32(18-20(2)33(19)12-13-34)26-11-10-21(15-30-26)25(35)14-22(31(5)28-4)16-29-24-9-7-6-8-23(24)27-3/h6-11,14-15,19-20,29,34H,3-4,12-13,16-18H2,1-2,5H3/b22-14-. The quantitative estimate of drug-likeness (QED) is 0.222. The third-order valence-corrected chi connectivity index (χ3v) is 6.28. The van der Waals surface area contributed by atoms with E-state index < -0.39 is 0 Å².